The molecule has 0 fully saturated rings. The van der Waals surface area contributed by atoms with Crippen LogP contribution in [0.15, 0.2) is 18.7 Å². The number of hydrogen-bond donors (Lipinski definition) is 2. The number of nitrogens with one attached hydrogen (secondary N) is 1. The normalized spacial score (nSPS) is 10.4. The molecule has 8 heteroatoms. The summed E-state index contributed by atoms with van der Waals surface area (Å²) in [6.07, 6.45) is 3.19. The number of carboxylic acids is 1. The fourth-order valence-corrected chi connectivity index (χ4v) is 2.45. The van der Waals surface area contributed by atoms with Crippen molar-refractivity contribution in [2.75, 3.05) is 5.32 Å². The molecular formula is C11H12N4O3S. The van der Waals surface area contributed by atoms with Gasteiger partial charge in [-0.3, -0.25) is 9.48 Å². The van der Waals surface area contributed by atoms with Crippen molar-refractivity contribution in [2.45, 2.75) is 19.9 Å². The summed E-state index contributed by atoms with van der Waals surface area (Å²) < 4.78 is 1.56. The van der Waals surface area contributed by atoms with E-state index in [0.29, 0.717) is 17.1 Å². The van der Waals surface area contributed by atoms with Gasteiger partial charge in [0.2, 0.25) is 5.91 Å². The van der Waals surface area contributed by atoms with Gasteiger partial charge in [-0.15, -0.1) is 11.3 Å². The van der Waals surface area contributed by atoms with Gasteiger partial charge in [-0.1, -0.05) is 0 Å². The van der Waals surface area contributed by atoms with Crippen molar-refractivity contribution in [3.63, 3.8) is 0 Å². The van der Waals surface area contributed by atoms with Gasteiger partial charge in [0.15, 0.2) is 0 Å². The molecule has 0 saturated carbocycles. The summed E-state index contributed by atoms with van der Waals surface area (Å²) in [7, 11) is 0. The molecule has 0 aliphatic heterocycles. The van der Waals surface area contributed by atoms with Crippen molar-refractivity contribution >= 4 is 28.2 Å². The van der Waals surface area contributed by atoms with Crippen LogP contribution in [0, 0.1) is 6.92 Å². The molecule has 0 bridgehead atoms. The highest BCUT2D eigenvalue weighted by Gasteiger charge is 2.13. The third kappa shape index (κ3) is 3.38. The molecule has 2 heterocycles. The number of nitrogens with zero attached hydrogens (tertiary/aromatic N) is 3. The van der Waals surface area contributed by atoms with E-state index in [-0.39, 0.29) is 17.2 Å². The second-order valence-electron chi connectivity index (χ2n) is 3.88. The van der Waals surface area contributed by atoms with Gasteiger partial charge in [-0.2, -0.15) is 5.10 Å². The third-order valence-electron chi connectivity index (χ3n) is 2.41. The first-order valence-electron chi connectivity index (χ1n) is 5.52. The van der Waals surface area contributed by atoms with Gasteiger partial charge in [0.1, 0.15) is 17.5 Å². The molecule has 2 aromatic rings. The Bertz CT molecular complexity index is 591. The van der Waals surface area contributed by atoms with Gasteiger partial charge in [-0.25, -0.2) is 9.78 Å². The van der Waals surface area contributed by atoms with Crippen LogP contribution < -0.4 is 5.32 Å². The monoisotopic (exact) mass is 280 g/mol. The second-order valence-corrected chi connectivity index (χ2v) is 4.94. The Morgan fingerprint density at radius 2 is 2.32 bits per heavy atom. The zero-order valence-electron chi connectivity index (χ0n) is 10.2. The Kier molecular flexibility index (Phi) is 3.91. The van der Waals surface area contributed by atoms with E-state index in [2.05, 4.69) is 15.4 Å². The van der Waals surface area contributed by atoms with Gasteiger partial charge in [0.25, 0.3) is 0 Å². The Morgan fingerprint density at radius 1 is 1.53 bits per heavy atom. The molecule has 0 saturated heterocycles. The van der Waals surface area contributed by atoms with Crippen LogP contribution in [0.25, 0.3) is 0 Å². The number of hydrogen-bond acceptors (Lipinski definition) is 5. The standard InChI is InChI=1S/C11H12N4O3S/c1-7-4-9(19-10(7)11(17)18)14-8(16)2-3-15-6-12-5-13-15/h4-6H,2-3H2,1H3,(H,14,16)(H,17,18). The molecule has 2 aromatic heterocycles. The maximum Gasteiger partial charge on any atom is 0.346 e. The first kappa shape index (κ1) is 13.2. The van der Waals surface area contributed by atoms with Crippen molar-refractivity contribution in [3.05, 3.63) is 29.2 Å². The van der Waals surface area contributed by atoms with E-state index in [1.54, 1.807) is 17.7 Å². The van der Waals surface area contributed by atoms with Crippen molar-refractivity contribution in [1.29, 1.82) is 0 Å². The Hall–Kier alpha value is -2.22. The van der Waals surface area contributed by atoms with E-state index in [0.717, 1.165) is 11.3 Å². The Morgan fingerprint density at radius 3 is 2.89 bits per heavy atom. The lowest BCUT2D eigenvalue weighted by Crippen LogP contribution is -2.13. The quantitative estimate of drug-likeness (QED) is 0.862. The SMILES string of the molecule is Cc1cc(NC(=O)CCn2cncn2)sc1C(=O)O. The number of aryl methyl sites for hydroxylation is 2. The van der Waals surface area contributed by atoms with Crippen LogP contribution in [0.1, 0.15) is 21.7 Å². The smallest absolute Gasteiger partial charge is 0.346 e. The minimum atomic E-state index is -0.981. The summed E-state index contributed by atoms with van der Waals surface area (Å²) in [6.45, 7) is 2.13. The molecule has 19 heavy (non-hydrogen) atoms. The maximum absolute atomic E-state index is 11.7. The minimum Gasteiger partial charge on any atom is -0.477 e. The van der Waals surface area contributed by atoms with Gasteiger partial charge in [0, 0.05) is 6.42 Å². The highest BCUT2D eigenvalue weighted by atomic mass is 32.1. The molecule has 0 aromatic carbocycles. The van der Waals surface area contributed by atoms with Crippen molar-refractivity contribution in [2.24, 2.45) is 0 Å². The van der Waals surface area contributed by atoms with E-state index in [4.69, 9.17) is 5.11 Å². The predicted molar refractivity (Wildman–Crippen MR) is 69.3 cm³/mol. The molecule has 100 valence electrons. The topological polar surface area (TPSA) is 97.1 Å². The van der Waals surface area contributed by atoms with Gasteiger partial charge < -0.3 is 10.4 Å². The lowest BCUT2D eigenvalue weighted by molar-refractivity contribution is -0.116. The molecule has 0 spiro atoms. The minimum absolute atomic E-state index is 0.186. The van der Waals surface area contributed by atoms with Gasteiger partial charge >= 0.3 is 5.97 Å². The van der Waals surface area contributed by atoms with Crippen molar-refractivity contribution < 1.29 is 14.7 Å². The number of thiophene rings is 1. The third-order valence-corrected chi connectivity index (χ3v) is 3.55. The van der Waals surface area contributed by atoms with Crippen LogP contribution in [0.5, 0.6) is 0 Å². The molecule has 1 amide bonds. The average molecular weight is 280 g/mol. The summed E-state index contributed by atoms with van der Waals surface area (Å²) in [5, 5.41) is 16.0. The van der Waals surface area contributed by atoms with Crippen LogP contribution in [-0.2, 0) is 11.3 Å². The van der Waals surface area contributed by atoms with E-state index in [1.165, 1.54) is 12.7 Å². The largest absolute Gasteiger partial charge is 0.477 e. The van der Waals surface area contributed by atoms with E-state index >= 15 is 0 Å². The van der Waals surface area contributed by atoms with Crippen molar-refractivity contribution in [1.82, 2.24) is 14.8 Å². The number of amides is 1. The number of rotatable bonds is 5. The van der Waals surface area contributed by atoms with Gasteiger partial charge in [0.05, 0.1) is 11.5 Å². The zero-order valence-corrected chi connectivity index (χ0v) is 11.0. The molecule has 0 aliphatic rings. The summed E-state index contributed by atoms with van der Waals surface area (Å²) in [5.74, 6) is -1.17. The maximum atomic E-state index is 11.7. The van der Waals surface area contributed by atoms with Crippen LogP contribution >= 0.6 is 11.3 Å². The number of carboxylic acid groups (broad SMARTS) is 1. The molecule has 0 aliphatic carbocycles. The number of carbonyl (C=O) groups excluding carboxylic acids is 1. The number of aromatic nitrogens is 3. The van der Waals surface area contributed by atoms with Crippen molar-refractivity contribution in [3.8, 4) is 0 Å². The Balaban J connectivity index is 1.91. The molecule has 7 nitrogen and oxygen atoms in total. The van der Waals surface area contributed by atoms with Crippen LogP contribution in [0.4, 0.5) is 5.00 Å². The average Bonchev–Trinajstić information content (AvgIpc) is 2.96. The molecule has 0 unspecified atom stereocenters. The summed E-state index contributed by atoms with van der Waals surface area (Å²) in [5.41, 5.74) is 0.643. The first-order chi connectivity index (χ1) is 9.06. The highest BCUT2D eigenvalue weighted by molar-refractivity contribution is 7.18. The van der Waals surface area contributed by atoms with Crippen LogP contribution in [-0.4, -0.2) is 31.7 Å². The molecule has 2 N–H and O–H groups in total. The molecule has 0 atom stereocenters. The summed E-state index contributed by atoms with van der Waals surface area (Å²) in [4.78, 5) is 26.6. The molecule has 0 radical (unpaired) electrons. The number of aromatic carboxylic acids is 1. The zero-order chi connectivity index (χ0) is 13.8. The highest BCUT2D eigenvalue weighted by Crippen LogP contribution is 2.26. The number of carbonyl (C=O) groups is 2. The lowest BCUT2D eigenvalue weighted by atomic mass is 10.3. The lowest BCUT2D eigenvalue weighted by Gasteiger charge is -2.02. The predicted octanol–water partition coefficient (Wildman–Crippen LogP) is 1.38. The van der Waals surface area contributed by atoms with Gasteiger partial charge in [-0.05, 0) is 18.6 Å². The first-order valence-corrected chi connectivity index (χ1v) is 6.34. The summed E-state index contributed by atoms with van der Waals surface area (Å²) in [6, 6.07) is 1.65. The fourth-order valence-electron chi connectivity index (χ4n) is 1.52. The number of anilines is 1. The fraction of sp³-hybridized carbons (Fsp3) is 0.273. The van der Waals surface area contributed by atoms with E-state index in [1.807, 2.05) is 0 Å². The van der Waals surface area contributed by atoms with Crippen LogP contribution in [0.3, 0.4) is 0 Å². The Labute approximate surface area is 112 Å². The summed E-state index contributed by atoms with van der Waals surface area (Å²) >= 11 is 1.05. The van der Waals surface area contributed by atoms with E-state index in [9.17, 15) is 9.59 Å². The molecular weight excluding hydrogens is 268 g/mol. The van der Waals surface area contributed by atoms with Crippen LogP contribution in [0.2, 0.25) is 0 Å². The second kappa shape index (κ2) is 5.61. The van der Waals surface area contributed by atoms with E-state index < -0.39 is 5.97 Å². The molecule has 2 rings (SSSR count).